The highest BCUT2D eigenvalue weighted by Gasteiger charge is 2.36. The lowest BCUT2D eigenvalue weighted by atomic mass is 9.92. The minimum atomic E-state index is -3.89. The fourth-order valence-corrected chi connectivity index (χ4v) is 6.12. The fourth-order valence-electron chi connectivity index (χ4n) is 4.82. The molecule has 2 aromatic carbocycles. The Balaban J connectivity index is 1.61. The number of amides is 3. The van der Waals surface area contributed by atoms with E-state index in [1.807, 2.05) is 65.8 Å². The average molecular weight is 585 g/mol. The maximum atomic E-state index is 13.5. The van der Waals surface area contributed by atoms with Gasteiger partial charge in [0.05, 0.1) is 4.90 Å². The molecule has 0 aromatic heterocycles. The maximum Gasteiger partial charge on any atom is 0.247 e. The molecule has 1 aliphatic heterocycles. The molecule has 41 heavy (non-hydrogen) atoms. The predicted molar refractivity (Wildman–Crippen MR) is 161 cm³/mol. The molecule has 3 rings (SSSR count). The number of carbonyl (C=O) groups is 3. The van der Waals surface area contributed by atoms with Gasteiger partial charge in [-0.25, -0.2) is 8.42 Å². The van der Waals surface area contributed by atoms with Crippen LogP contribution in [0.5, 0.6) is 0 Å². The number of nitrogens with zero attached hydrogens (tertiary/aromatic N) is 1. The first-order valence-electron chi connectivity index (χ1n) is 14.4. The Kier molecular flexibility index (Phi) is 11.1. The summed E-state index contributed by atoms with van der Waals surface area (Å²) in [5.41, 5.74) is 2.69. The molecule has 3 amide bonds. The Labute approximate surface area is 244 Å². The van der Waals surface area contributed by atoms with Gasteiger partial charge in [-0.2, -0.15) is 4.72 Å². The van der Waals surface area contributed by atoms with Crippen molar-refractivity contribution in [3.63, 3.8) is 0 Å². The summed E-state index contributed by atoms with van der Waals surface area (Å²) in [4.78, 5) is 41.4. The molecule has 1 saturated heterocycles. The highest BCUT2D eigenvalue weighted by Crippen LogP contribution is 2.22. The smallest absolute Gasteiger partial charge is 0.247 e. The molecule has 0 aliphatic carbocycles. The molecule has 0 spiro atoms. The van der Waals surface area contributed by atoms with Crippen molar-refractivity contribution in [1.29, 1.82) is 0 Å². The molecule has 2 aromatic rings. The number of hydrogen-bond donors (Lipinski definition) is 3. The standard InChI is InChI=1S/C31H44N4O5S/c1-7-23(6)28(34-41(39,40)26-14-10-22(5)11-15-26)31(38)35-18-16-24(17-19-35)29(36)33-27(20(2)3)30(37)32-25-12-8-21(4)9-13-25/h8-15,20,23-24,27-28,34H,7,16-19H2,1-6H3,(H,32,37)(H,33,36). The van der Waals surface area contributed by atoms with Gasteiger partial charge in [-0.1, -0.05) is 69.5 Å². The van der Waals surface area contributed by atoms with E-state index >= 15 is 0 Å². The minimum absolute atomic E-state index is 0.116. The van der Waals surface area contributed by atoms with Crippen LogP contribution in [0.25, 0.3) is 0 Å². The summed E-state index contributed by atoms with van der Waals surface area (Å²) in [6.07, 6.45) is 1.48. The number of benzene rings is 2. The quantitative estimate of drug-likeness (QED) is 0.368. The minimum Gasteiger partial charge on any atom is -0.344 e. The van der Waals surface area contributed by atoms with Crippen molar-refractivity contribution in [3.8, 4) is 0 Å². The molecule has 1 aliphatic rings. The van der Waals surface area contributed by atoms with E-state index in [0.717, 1.165) is 11.1 Å². The van der Waals surface area contributed by atoms with Gasteiger partial charge in [0.25, 0.3) is 0 Å². The Bertz CT molecular complexity index is 1300. The van der Waals surface area contributed by atoms with Crippen LogP contribution in [-0.4, -0.2) is 56.2 Å². The van der Waals surface area contributed by atoms with Crippen LogP contribution in [0, 0.1) is 31.6 Å². The third-order valence-electron chi connectivity index (χ3n) is 7.84. The van der Waals surface area contributed by atoms with Crippen LogP contribution < -0.4 is 15.4 Å². The molecule has 3 atom stereocenters. The summed E-state index contributed by atoms with van der Waals surface area (Å²) >= 11 is 0. The second-order valence-corrected chi connectivity index (χ2v) is 13.2. The molecule has 0 saturated carbocycles. The molecule has 0 bridgehead atoms. The van der Waals surface area contributed by atoms with Gasteiger partial charge in [-0.3, -0.25) is 14.4 Å². The number of piperidine rings is 1. The van der Waals surface area contributed by atoms with Crippen molar-refractivity contribution in [2.45, 2.75) is 77.8 Å². The lowest BCUT2D eigenvalue weighted by Gasteiger charge is -2.36. The molecular formula is C31H44N4O5S. The number of likely N-dealkylation sites (tertiary alicyclic amines) is 1. The predicted octanol–water partition coefficient (Wildman–Crippen LogP) is 4.01. The van der Waals surface area contributed by atoms with Gasteiger partial charge in [0.1, 0.15) is 12.1 Å². The van der Waals surface area contributed by atoms with Gasteiger partial charge in [0.15, 0.2) is 0 Å². The SMILES string of the molecule is CCC(C)C(NS(=O)(=O)c1ccc(C)cc1)C(=O)N1CCC(C(=O)NC(C(=O)Nc2ccc(C)cc2)C(C)C)CC1. The van der Waals surface area contributed by atoms with E-state index in [0.29, 0.717) is 38.0 Å². The molecule has 1 fully saturated rings. The second-order valence-electron chi connectivity index (χ2n) is 11.5. The molecule has 9 nitrogen and oxygen atoms in total. The highest BCUT2D eigenvalue weighted by atomic mass is 32.2. The largest absolute Gasteiger partial charge is 0.344 e. The number of anilines is 1. The number of rotatable bonds is 11. The van der Waals surface area contributed by atoms with Gasteiger partial charge >= 0.3 is 0 Å². The topological polar surface area (TPSA) is 125 Å². The first kappa shape index (κ1) is 32.3. The lowest BCUT2D eigenvalue weighted by molar-refractivity contribution is -0.138. The molecule has 3 N–H and O–H groups in total. The van der Waals surface area contributed by atoms with Crippen molar-refractivity contribution in [1.82, 2.24) is 14.9 Å². The van der Waals surface area contributed by atoms with E-state index in [1.165, 1.54) is 12.1 Å². The lowest BCUT2D eigenvalue weighted by Crippen LogP contribution is -2.55. The van der Waals surface area contributed by atoms with Crippen LogP contribution in [-0.2, 0) is 24.4 Å². The van der Waals surface area contributed by atoms with Gasteiger partial charge in [0, 0.05) is 24.7 Å². The monoisotopic (exact) mass is 584 g/mol. The van der Waals surface area contributed by atoms with Crippen LogP contribution in [0.4, 0.5) is 5.69 Å². The van der Waals surface area contributed by atoms with Crippen LogP contribution in [0.1, 0.15) is 58.1 Å². The molecule has 10 heteroatoms. The van der Waals surface area contributed by atoms with Gasteiger partial charge in [0.2, 0.25) is 27.7 Å². The summed E-state index contributed by atoms with van der Waals surface area (Å²) in [6, 6.07) is 12.4. The van der Waals surface area contributed by atoms with Crippen molar-refractivity contribution >= 4 is 33.4 Å². The van der Waals surface area contributed by atoms with Crippen LogP contribution in [0.2, 0.25) is 0 Å². The Morgan fingerprint density at radius 1 is 0.878 bits per heavy atom. The highest BCUT2D eigenvalue weighted by molar-refractivity contribution is 7.89. The summed E-state index contributed by atoms with van der Waals surface area (Å²) in [6.45, 7) is 12.0. The zero-order chi connectivity index (χ0) is 30.3. The van der Waals surface area contributed by atoms with E-state index in [9.17, 15) is 22.8 Å². The second kappa shape index (κ2) is 14.1. The van der Waals surface area contributed by atoms with Crippen LogP contribution in [0.15, 0.2) is 53.4 Å². The first-order valence-corrected chi connectivity index (χ1v) is 15.9. The number of sulfonamides is 1. The summed E-state index contributed by atoms with van der Waals surface area (Å²) in [5, 5.41) is 5.80. The van der Waals surface area contributed by atoms with Crippen molar-refractivity contribution in [2.75, 3.05) is 18.4 Å². The fraction of sp³-hybridized carbons (Fsp3) is 0.516. The van der Waals surface area contributed by atoms with E-state index in [2.05, 4.69) is 15.4 Å². The van der Waals surface area contributed by atoms with Gasteiger partial charge in [-0.15, -0.1) is 0 Å². The molecular weight excluding hydrogens is 540 g/mol. The Hall–Kier alpha value is -3.24. The zero-order valence-electron chi connectivity index (χ0n) is 24.9. The van der Waals surface area contributed by atoms with Gasteiger partial charge in [-0.05, 0) is 62.8 Å². The van der Waals surface area contributed by atoms with E-state index in [1.54, 1.807) is 17.0 Å². The third kappa shape index (κ3) is 8.63. The number of hydrogen-bond acceptors (Lipinski definition) is 5. The Morgan fingerprint density at radius 2 is 1.41 bits per heavy atom. The molecule has 224 valence electrons. The summed E-state index contributed by atoms with van der Waals surface area (Å²) in [5.74, 6) is -1.47. The average Bonchev–Trinajstić information content (AvgIpc) is 2.95. The number of carbonyl (C=O) groups excluding carboxylic acids is 3. The first-order chi connectivity index (χ1) is 19.3. The van der Waals surface area contributed by atoms with E-state index < -0.39 is 22.1 Å². The maximum absolute atomic E-state index is 13.5. The molecule has 3 unspecified atom stereocenters. The molecule has 0 radical (unpaired) electrons. The van der Waals surface area contributed by atoms with Gasteiger partial charge < -0.3 is 15.5 Å². The number of aryl methyl sites for hydroxylation is 2. The molecule has 1 heterocycles. The van der Waals surface area contributed by atoms with Crippen molar-refractivity contribution in [2.24, 2.45) is 17.8 Å². The third-order valence-corrected chi connectivity index (χ3v) is 9.29. The van der Waals surface area contributed by atoms with Crippen LogP contribution in [0.3, 0.4) is 0 Å². The van der Waals surface area contributed by atoms with Crippen molar-refractivity contribution in [3.05, 3.63) is 59.7 Å². The van der Waals surface area contributed by atoms with E-state index in [4.69, 9.17) is 0 Å². The summed E-state index contributed by atoms with van der Waals surface area (Å²) < 4.78 is 28.8. The number of nitrogens with one attached hydrogen (secondary N) is 3. The summed E-state index contributed by atoms with van der Waals surface area (Å²) in [7, 11) is -3.89. The normalized spacial score (nSPS) is 16.6. The zero-order valence-corrected chi connectivity index (χ0v) is 25.8. The van der Waals surface area contributed by atoms with Crippen molar-refractivity contribution < 1.29 is 22.8 Å². The Morgan fingerprint density at radius 3 is 1.93 bits per heavy atom. The van der Waals surface area contributed by atoms with Crippen LogP contribution >= 0.6 is 0 Å². The van der Waals surface area contributed by atoms with E-state index in [-0.39, 0.29) is 40.4 Å².